The van der Waals surface area contributed by atoms with Crippen molar-refractivity contribution in [2.75, 3.05) is 0 Å². The number of hydrogen-bond donors (Lipinski definition) is 1. The zero-order valence-electron chi connectivity index (χ0n) is 7.53. The number of hydrogen-bond acceptors (Lipinski definition) is 3. The molecule has 2 rings (SSSR count). The summed E-state index contributed by atoms with van der Waals surface area (Å²) in [5, 5.41) is 8.66. The zero-order valence-corrected chi connectivity index (χ0v) is 7.53. The highest BCUT2D eigenvalue weighted by molar-refractivity contribution is 5.75. The van der Waals surface area contributed by atoms with Gasteiger partial charge < -0.3 is 4.98 Å². The molecule has 0 unspecified atom stereocenters. The maximum absolute atomic E-state index is 11.2. The van der Waals surface area contributed by atoms with E-state index in [1.807, 2.05) is 6.07 Å². The molecule has 0 bridgehead atoms. The van der Waals surface area contributed by atoms with Gasteiger partial charge in [0.2, 0.25) is 0 Å². The van der Waals surface area contributed by atoms with Gasteiger partial charge in [-0.2, -0.15) is 5.26 Å². The SMILES string of the molecule is Cc1nc2ccc(C#N)cc2[nH]c1=O. The van der Waals surface area contributed by atoms with Crippen LogP contribution in [0.15, 0.2) is 23.0 Å². The number of aryl methyl sites for hydroxylation is 1. The number of nitrogens with one attached hydrogen (secondary N) is 1. The average molecular weight is 185 g/mol. The maximum Gasteiger partial charge on any atom is 0.269 e. The molecule has 0 aliphatic carbocycles. The molecule has 68 valence electrons. The summed E-state index contributed by atoms with van der Waals surface area (Å²) in [5.41, 5.74) is 2.02. The van der Waals surface area contributed by atoms with Crippen LogP contribution in [0.3, 0.4) is 0 Å². The summed E-state index contributed by atoms with van der Waals surface area (Å²) in [6, 6.07) is 7.01. The Bertz CT molecular complexity index is 592. The number of benzene rings is 1. The minimum Gasteiger partial charge on any atom is -0.319 e. The Morgan fingerprint density at radius 1 is 1.50 bits per heavy atom. The molecule has 2 aromatic rings. The third-order valence-corrected chi connectivity index (χ3v) is 1.99. The third kappa shape index (κ3) is 1.25. The number of nitriles is 1. The van der Waals surface area contributed by atoms with E-state index in [1.165, 1.54) is 0 Å². The van der Waals surface area contributed by atoms with Crippen molar-refractivity contribution in [1.29, 1.82) is 5.26 Å². The average Bonchev–Trinajstić information content (AvgIpc) is 2.19. The van der Waals surface area contributed by atoms with Crippen LogP contribution < -0.4 is 5.56 Å². The lowest BCUT2D eigenvalue weighted by Crippen LogP contribution is -2.11. The Kier molecular flexibility index (Phi) is 1.79. The van der Waals surface area contributed by atoms with Gasteiger partial charge in [-0.1, -0.05) is 0 Å². The second-order valence-corrected chi connectivity index (χ2v) is 3.00. The molecule has 0 fully saturated rings. The molecule has 0 radical (unpaired) electrons. The molecule has 0 aliphatic heterocycles. The number of fused-ring (bicyclic) bond motifs is 1. The van der Waals surface area contributed by atoms with E-state index in [4.69, 9.17) is 5.26 Å². The highest BCUT2D eigenvalue weighted by Crippen LogP contribution is 2.09. The minimum absolute atomic E-state index is 0.215. The Labute approximate surface area is 79.8 Å². The molecule has 0 amide bonds. The minimum atomic E-state index is -0.215. The lowest BCUT2D eigenvalue weighted by atomic mass is 10.2. The normalized spacial score (nSPS) is 10.0. The second-order valence-electron chi connectivity index (χ2n) is 3.00. The van der Waals surface area contributed by atoms with E-state index >= 15 is 0 Å². The smallest absolute Gasteiger partial charge is 0.269 e. The fraction of sp³-hybridized carbons (Fsp3) is 0.100. The van der Waals surface area contributed by atoms with E-state index in [-0.39, 0.29) is 5.56 Å². The van der Waals surface area contributed by atoms with Gasteiger partial charge in [-0.05, 0) is 25.1 Å². The molecule has 0 atom stereocenters. The molecule has 4 nitrogen and oxygen atoms in total. The van der Waals surface area contributed by atoms with Gasteiger partial charge in [0.05, 0.1) is 22.7 Å². The van der Waals surface area contributed by atoms with Crippen molar-refractivity contribution in [3.05, 3.63) is 39.8 Å². The fourth-order valence-corrected chi connectivity index (χ4v) is 1.25. The first-order valence-electron chi connectivity index (χ1n) is 4.11. The Balaban J connectivity index is 2.85. The van der Waals surface area contributed by atoms with Crippen LogP contribution in [0.4, 0.5) is 0 Å². The van der Waals surface area contributed by atoms with Crippen LogP contribution >= 0.6 is 0 Å². The number of aromatic amines is 1. The molecule has 4 heteroatoms. The summed E-state index contributed by atoms with van der Waals surface area (Å²) < 4.78 is 0. The highest BCUT2D eigenvalue weighted by Gasteiger charge is 2.00. The number of H-pyrrole nitrogens is 1. The molecule has 0 spiro atoms. The molecule has 1 aromatic heterocycles. The fourth-order valence-electron chi connectivity index (χ4n) is 1.25. The topological polar surface area (TPSA) is 69.5 Å². The molecule has 0 saturated heterocycles. The molecule has 1 aromatic carbocycles. The van der Waals surface area contributed by atoms with Crippen LogP contribution in [0.1, 0.15) is 11.3 Å². The Morgan fingerprint density at radius 3 is 3.00 bits per heavy atom. The largest absolute Gasteiger partial charge is 0.319 e. The van der Waals surface area contributed by atoms with Gasteiger partial charge in [-0.25, -0.2) is 4.98 Å². The van der Waals surface area contributed by atoms with E-state index in [0.29, 0.717) is 22.3 Å². The first-order chi connectivity index (χ1) is 6.70. The number of rotatable bonds is 0. The van der Waals surface area contributed by atoms with Gasteiger partial charge in [0.1, 0.15) is 5.69 Å². The van der Waals surface area contributed by atoms with Crippen LogP contribution in [-0.4, -0.2) is 9.97 Å². The molecule has 0 saturated carbocycles. The lowest BCUT2D eigenvalue weighted by Gasteiger charge is -1.98. The van der Waals surface area contributed by atoms with Crippen molar-refractivity contribution in [1.82, 2.24) is 9.97 Å². The summed E-state index contributed by atoms with van der Waals surface area (Å²) in [7, 11) is 0. The van der Waals surface area contributed by atoms with Crippen LogP contribution in [0.5, 0.6) is 0 Å². The quantitative estimate of drug-likeness (QED) is 0.668. The molecule has 1 heterocycles. The molecule has 1 N–H and O–H groups in total. The summed E-state index contributed by atoms with van der Waals surface area (Å²) >= 11 is 0. The van der Waals surface area contributed by atoms with Gasteiger partial charge in [-0.15, -0.1) is 0 Å². The van der Waals surface area contributed by atoms with E-state index in [2.05, 4.69) is 9.97 Å². The summed E-state index contributed by atoms with van der Waals surface area (Å²) in [5.74, 6) is 0. The van der Waals surface area contributed by atoms with Gasteiger partial charge >= 0.3 is 0 Å². The first kappa shape index (κ1) is 8.45. The van der Waals surface area contributed by atoms with E-state index < -0.39 is 0 Å². The van der Waals surface area contributed by atoms with Gasteiger partial charge in [0.25, 0.3) is 5.56 Å². The zero-order chi connectivity index (χ0) is 10.1. The monoisotopic (exact) mass is 185 g/mol. The van der Waals surface area contributed by atoms with Crippen LogP contribution in [0.2, 0.25) is 0 Å². The lowest BCUT2D eigenvalue weighted by molar-refractivity contribution is 1.12. The van der Waals surface area contributed by atoms with Crippen LogP contribution in [0.25, 0.3) is 11.0 Å². The predicted octanol–water partition coefficient (Wildman–Crippen LogP) is 1.10. The standard InChI is InChI=1S/C10H7N3O/c1-6-10(14)13-9-4-7(5-11)2-3-8(9)12-6/h2-4H,1H3,(H,13,14). The summed E-state index contributed by atoms with van der Waals surface area (Å²) in [6.45, 7) is 1.65. The molecule has 0 aliphatic rings. The molecule has 14 heavy (non-hydrogen) atoms. The van der Waals surface area contributed by atoms with Crippen LogP contribution in [0, 0.1) is 18.3 Å². The van der Waals surface area contributed by atoms with Crippen molar-refractivity contribution in [2.24, 2.45) is 0 Å². The van der Waals surface area contributed by atoms with Crippen molar-refractivity contribution in [3.63, 3.8) is 0 Å². The van der Waals surface area contributed by atoms with E-state index in [1.54, 1.807) is 25.1 Å². The van der Waals surface area contributed by atoms with E-state index in [9.17, 15) is 4.79 Å². The van der Waals surface area contributed by atoms with Crippen molar-refractivity contribution >= 4 is 11.0 Å². The third-order valence-electron chi connectivity index (χ3n) is 1.99. The first-order valence-corrected chi connectivity index (χ1v) is 4.11. The Hall–Kier alpha value is -2.15. The van der Waals surface area contributed by atoms with Crippen molar-refractivity contribution < 1.29 is 0 Å². The molecular weight excluding hydrogens is 178 g/mol. The number of aromatic nitrogens is 2. The van der Waals surface area contributed by atoms with Crippen molar-refractivity contribution in [3.8, 4) is 6.07 Å². The summed E-state index contributed by atoms with van der Waals surface area (Å²) in [4.78, 5) is 18.0. The summed E-state index contributed by atoms with van der Waals surface area (Å²) in [6.07, 6.45) is 0. The van der Waals surface area contributed by atoms with Gasteiger partial charge in [0.15, 0.2) is 0 Å². The van der Waals surface area contributed by atoms with Crippen molar-refractivity contribution in [2.45, 2.75) is 6.92 Å². The second kappa shape index (κ2) is 2.96. The Morgan fingerprint density at radius 2 is 2.29 bits per heavy atom. The van der Waals surface area contributed by atoms with E-state index in [0.717, 1.165) is 0 Å². The van der Waals surface area contributed by atoms with Crippen LogP contribution in [-0.2, 0) is 0 Å². The number of nitrogens with zero attached hydrogens (tertiary/aromatic N) is 2. The maximum atomic E-state index is 11.2. The van der Waals surface area contributed by atoms with Gasteiger partial charge in [0, 0.05) is 0 Å². The van der Waals surface area contributed by atoms with Gasteiger partial charge in [-0.3, -0.25) is 4.79 Å². The highest BCUT2D eigenvalue weighted by atomic mass is 16.1. The predicted molar refractivity (Wildman–Crippen MR) is 51.8 cm³/mol. The molecular formula is C10H7N3O.